The number of hydrogen-bond acceptors (Lipinski definition) is 3. The number of halogens is 1. The highest BCUT2D eigenvalue weighted by molar-refractivity contribution is 7.08. The second-order valence-electron chi connectivity index (χ2n) is 6.05. The first-order valence-corrected chi connectivity index (χ1v) is 8.77. The maximum atomic E-state index is 13.1. The molecule has 4 rings (SSSR count). The molecule has 1 aliphatic rings. The van der Waals surface area contributed by atoms with Gasteiger partial charge in [0, 0.05) is 10.9 Å². The van der Waals surface area contributed by atoms with Crippen molar-refractivity contribution < 1.29 is 13.6 Å². The molecular formula is C19H16FNO2S. The van der Waals surface area contributed by atoms with Crippen LogP contribution in [0.15, 0.2) is 57.6 Å². The Hall–Kier alpha value is -2.40. The number of thiophene rings is 1. The van der Waals surface area contributed by atoms with E-state index in [-0.39, 0.29) is 11.7 Å². The number of carbonyl (C=O) groups is 1. The highest BCUT2D eigenvalue weighted by atomic mass is 32.1. The third-order valence-corrected chi connectivity index (χ3v) is 5.16. The topological polar surface area (TPSA) is 42.2 Å². The van der Waals surface area contributed by atoms with Crippen LogP contribution >= 0.6 is 11.3 Å². The summed E-state index contributed by atoms with van der Waals surface area (Å²) in [7, 11) is 0. The van der Waals surface area contributed by atoms with Crippen LogP contribution in [0.4, 0.5) is 4.39 Å². The second kappa shape index (κ2) is 5.91. The van der Waals surface area contributed by atoms with E-state index in [1.54, 1.807) is 23.5 Å². The van der Waals surface area contributed by atoms with E-state index in [1.165, 1.54) is 12.1 Å². The largest absolute Gasteiger partial charge is 0.459 e. The van der Waals surface area contributed by atoms with E-state index in [1.807, 2.05) is 29.0 Å². The van der Waals surface area contributed by atoms with Crippen molar-refractivity contribution in [1.82, 2.24) is 5.32 Å². The summed E-state index contributed by atoms with van der Waals surface area (Å²) in [6.45, 7) is 0.353. The summed E-state index contributed by atoms with van der Waals surface area (Å²) < 4.78 is 18.8. The van der Waals surface area contributed by atoms with Crippen molar-refractivity contribution in [2.24, 2.45) is 0 Å². The van der Waals surface area contributed by atoms with Crippen LogP contribution < -0.4 is 5.32 Å². The molecule has 24 heavy (non-hydrogen) atoms. The van der Waals surface area contributed by atoms with Crippen LogP contribution in [-0.4, -0.2) is 5.91 Å². The number of rotatable bonds is 5. The number of nitrogens with one attached hydrogen (secondary N) is 1. The van der Waals surface area contributed by atoms with Gasteiger partial charge in [-0.3, -0.25) is 4.79 Å². The lowest BCUT2D eigenvalue weighted by molar-refractivity contribution is -0.123. The molecule has 3 nitrogen and oxygen atoms in total. The van der Waals surface area contributed by atoms with Gasteiger partial charge in [-0.25, -0.2) is 4.39 Å². The molecule has 1 aromatic carbocycles. The van der Waals surface area contributed by atoms with Gasteiger partial charge in [0.1, 0.15) is 17.3 Å². The SMILES string of the molecule is O=C(NCc1ccc(-c2ccsc2)o1)C1(c2ccc(F)cc2)CC1. The molecule has 0 unspecified atom stereocenters. The lowest BCUT2D eigenvalue weighted by Gasteiger charge is -2.15. The Morgan fingerprint density at radius 3 is 2.62 bits per heavy atom. The van der Waals surface area contributed by atoms with Crippen LogP contribution in [0.3, 0.4) is 0 Å². The zero-order chi connectivity index (χ0) is 16.6. The summed E-state index contributed by atoms with van der Waals surface area (Å²) in [6.07, 6.45) is 1.59. The molecule has 0 aliphatic heterocycles. The van der Waals surface area contributed by atoms with Crippen LogP contribution in [0.2, 0.25) is 0 Å². The molecule has 1 saturated carbocycles. The molecule has 1 amide bonds. The standard InChI is InChI=1S/C19H16FNO2S/c20-15-3-1-14(2-4-15)19(8-9-19)18(22)21-11-16-5-6-17(23-16)13-7-10-24-12-13/h1-7,10,12H,8-9,11H2,(H,21,22). The van der Waals surface area contributed by atoms with E-state index in [0.29, 0.717) is 6.54 Å². The van der Waals surface area contributed by atoms with Crippen molar-refractivity contribution in [3.8, 4) is 11.3 Å². The summed E-state index contributed by atoms with van der Waals surface area (Å²) in [5, 5.41) is 6.97. The molecule has 0 bridgehead atoms. The smallest absolute Gasteiger partial charge is 0.231 e. The lowest BCUT2D eigenvalue weighted by Crippen LogP contribution is -2.34. The van der Waals surface area contributed by atoms with Gasteiger partial charge >= 0.3 is 0 Å². The summed E-state index contributed by atoms with van der Waals surface area (Å²) >= 11 is 1.62. The monoisotopic (exact) mass is 341 g/mol. The molecule has 0 saturated heterocycles. The maximum absolute atomic E-state index is 13.1. The van der Waals surface area contributed by atoms with Crippen LogP contribution in [0.5, 0.6) is 0 Å². The van der Waals surface area contributed by atoms with Gasteiger partial charge in [0.2, 0.25) is 5.91 Å². The van der Waals surface area contributed by atoms with Crippen molar-refractivity contribution in [2.75, 3.05) is 0 Å². The lowest BCUT2D eigenvalue weighted by atomic mass is 9.95. The summed E-state index contributed by atoms with van der Waals surface area (Å²) in [5.41, 5.74) is 1.42. The van der Waals surface area contributed by atoms with Crippen molar-refractivity contribution in [3.63, 3.8) is 0 Å². The second-order valence-corrected chi connectivity index (χ2v) is 6.83. The molecule has 1 fully saturated rings. The Morgan fingerprint density at radius 2 is 1.96 bits per heavy atom. The summed E-state index contributed by atoms with van der Waals surface area (Å²) in [4.78, 5) is 12.6. The zero-order valence-corrected chi connectivity index (χ0v) is 13.7. The van der Waals surface area contributed by atoms with Crippen molar-refractivity contribution in [1.29, 1.82) is 0 Å². The van der Waals surface area contributed by atoms with E-state index in [2.05, 4.69) is 5.32 Å². The predicted octanol–water partition coefficient (Wildman–Crippen LogP) is 4.50. The Bertz CT molecular complexity index is 848. The first kappa shape index (κ1) is 15.1. The maximum Gasteiger partial charge on any atom is 0.231 e. The van der Waals surface area contributed by atoms with Crippen molar-refractivity contribution in [2.45, 2.75) is 24.8 Å². The minimum absolute atomic E-state index is 0.0254. The minimum Gasteiger partial charge on any atom is -0.459 e. The zero-order valence-electron chi connectivity index (χ0n) is 12.9. The van der Waals surface area contributed by atoms with Crippen molar-refractivity contribution >= 4 is 17.2 Å². The fourth-order valence-electron chi connectivity index (χ4n) is 2.91. The van der Waals surface area contributed by atoms with Gasteiger partial charge in [0.15, 0.2) is 0 Å². The Labute approximate surface area is 143 Å². The van der Waals surface area contributed by atoms with E-state index in [0.717, 1.165) is 35.5 Å². The molecule has 3 aromatic rings. The van der Waals surface area contributed by atoms with Gasteiger partial charge < -0.3 is 9.73 Å². The highest BCUT2D eigenvalue weighted by Crippen LogP contribution is 2.48. The third kappa shape index (κ3) is 2.76. The first-order valence-electron chi connectivity index (χ1n) is 7.83. The molecule has 5 heteroatoms. The van der Waals surface area contributed by atoms with Gasteiger partial charge in [0.05, 0.1) is 12.0 Å². The minimum atomic E-state index is -0.503. The third-order valence-electron chi connectivity index (χ3n) is 4.47. The Morgan fingerprint density at radius 1 is 1.17 bits per heavy atom. The first-order chi connectivity index (χ1) is 11.7. The number of hydrogen-bond donors (Lipinski definition) is 1. The average molecular weight is 341 g/mol. The summed E-state index contributed by atoms with van der Waals surface area (Å²) in [6, 6.07) is 12.0. The van der Waals surface area contributed by atoms with Gasteiger partial charge in [-0.05, 0) is 54.1 Å². The van der Waals surface area contributed by atoms with Gasteiger partial charge in [0.25, 0.3) is 0 Å². The Kier molecular flexibility index (Phi) is 3.73. The molecule has 0 spiro atoms. The van der Waals surface area contributed by atoms with Crippen LogP contribution in [0.1, 0.15) is 24.2 Å². The van der Waals surface area contributed by atoms with Gasteiger partial charge in [-0.15, -0.1) is 0 Å². The average Bonchev–Trinajstić information content (AvgIpc) is 3.00. The van der Waals surface area contributed by atoms with E-state index in [4.69, 9.17) is 4.42 Å². The highest BCUT2D eigenvalue weighted by Gasteiger charge is 2.51. The van der Waals surface area contributed by atoms with E-state index >= 15 is 0 Å². The van der Waals surface area contributed by atoms with Crippen LogP contribution in [-0.2, 0) is 16.8 Å². The number of benzene rings is 1. The quantitative estimate of drug-likeness (QED) is 0.743. The van der Waals surface area contributed by atoms with Crippen LogP contribution in [0, 0.1) is 5.82 Å². The molecule has 1 aliphatic carbocycles. The van der Waals surface area contributed by atoms with Crippen LogP contribution in [0.25, 0.3) is 11.3 Å². The fourth-order valence-corrected chi connectivity index (χ4v) is 3.56. The number of furan rings is 1. The number of amides is 1. The fraction of sp³-hybridized carbons (Fsp3) is 0.211. The molecule has 122 valence electrons. The summed E-state index contributed by atoms with van der Waals surface area (Å²) in [5.74, 6) is 1.22. The molecular weight excluding hydrogens is 325 g/mol. The van der Waals surface area contributed by atoms with E-state index < -0.39 is 5.41 Å². The molecule has 2 aromatic heterocycles. The van der Waals surface area contributed by atoms with Gasteiger partial charge in [-0.2, -0.15) is 11.3 Å². The van der Waals surface area contributed by atoms with Gasteiger partial charge in [-0.1, -0.05) is 12.1 Å². The predicted molar refractivity (Wildman–Crippen MR) is 91.2 cm³/mol. The normalized spacial score (nSPS) is 15.2. The molecule has 2 heterocycles. The van der Waals surface area contributed by atoms with Crippen molar-refractivity contribution in [3.05, 3.63) is 70.4 Å². The molecule has 0 radical (unpaired) electrons. The molecule has 0 atom stereocenters. The Balaban J connectivity index is 1.43. The van der Waals surface area contributed by atoms with E-state index in [9.17, 15) is 9.18 Å². The molecule has 1 N–H and O–H groups in total. The number of carbonyl (C=O) groups excluding carboxylic acids is 1.